The van der Waals surface area contributed by atoms with Crippen LogP contribution in [-0.4, -0.2) is 60.2 Å². The summed E-state index contributed by atoms with van der Waals surface area (Å²) in [6, 6.07) is 5.50. The Morgan fingerprint density at radius 2 is 1.81 bits per heavy atom. The molecule has 2 heterocycles. The molecule has 1 aliphatic heterocycles. The van der Waals surface area contributed by atoms with Gasteiger partial charge in [0.2, 0.25) is 0 Å². The van der Waals surface area contributed by atoms with Gasteiger partial charge in [-0.05, 0) is 18.2 Å². The molecular formula is C20H21F4N5O3. The fourth-order valence-corrected chi connectivity index (χ4v) is 3.18. The summed E-state index contributed by atoms with van der Waals surface area (Å²) in [6.45, 7) is 2.26. The van der Waals surface area contributed by atoms with Gasteiger partial charge in [0.15, 0.2) is 5.82 Å². The predicted octanol–water partition coefficient (Wildman–Crippen LogP) is 3.77. The monoisotopic (exact) mass is 455 g/mol. The van der Waals surface area contributed by atoms with Crippen LogP contribution in [0.3, 0.4) is 0 Å². The average Bonchev–Trinajstić information content (AvgIpc) is 2.76. The molecule has 3 rings (SSSR count). The molecule has 32 heavy (non-hydrogen) atoms. The highest BCUT2D eigenvalue weighted by molar-refractivity contribution is 5.99. The fourth-order valence-electron chi connectivity index (χ4n) is 3.18. The van der Waals surface area contributed by atoms with E-state index in [0.717, 1.165) is 18.3 Å². The zero-order valence-electron chi connectivity index (χ0n) is 17.1. The SMILES string of the molecule is COC(=O)N1CCN(Cc2cccc(NC(=O)Nc3ccc(C(F)(F)F)nc3)c2F)CC1. The Labute approximate surface area is 181 Å². The number of nitrogens with one attached hydrogen (secondary N) is 2. The van der Waals surface area contributed by atoms with Gasteiger partial charge in [0.1, 0.15) is 5.69 Å². The molecule has 172 valence electrons. The quantitative estimate of drug-likeness (QED) is 0.686. The zero-order chi connectivity index (χ0) is 23.3. The predicted molar refractivity (Wildman–Crippen MR) is 108 cm³/mol. The molecule has 1 aliphatic rings. The standard InChI is InChI=1S/C20H21F4N5O3/c1-32-19(31)29-9-7-28(8-10-29)12-13-3-2-4-15(17(13)21)27-18(30)26-14-5-6-16(25-11-14)20(22,23)24/h2-6,11H,7-10,12H2,1H3,(H2,26,27,30). The van der Waals surface area contributed by atoms with E-state index in [1.54, 1.807) is 17.0 Å². The summed E-state index contributed by atoms with van der Waals surface area (Å²) in [7, 11) is 1.31. The summed E-state index contributed by atoms with van der Waals surface area (Å²) < 4.78 is 57.2. The Morgan fingerprint density at radius 3 is 2.41 bits per heavy atom. The molecule has 0 bridgehead atoms. The number of amides is 3. The van der Waals surface area contributed by atoms with Gasteiger partial charge < -0.3 is 20.3 Å². The maximum Gasteiger partial charge on any atom is 0.433 e. The first-order valence-corrected chi connectivity index (χ1v) is 9.61. The van der Waals surface area contributed by atoms with Crippen molar-refractivity contribution in [2.45, 2.75) is 12.7 Å². The molecule has 0 saturated carbocycles. The highest BCUT2D eigenvalue weighted by Gasteiger charge is 2.32. The minimum atomic E-state index is -4.59. The Hall–Kier alpha value is -3.41. The Bertz CT molecular complexity index is 961. The Kier molecular flexibility index (Phi) is 7.13. The first kappa shape index (κ1) is 23.3. The number of hydrogen-bond donors (Lipinski definition) is 2. The van der Waals surface area contributed by atoms with Crippen molar-refractivity contribution in [3.63, 3.8) is 0 Å². The van der Waals surface area contributed by atoms with Crippen LogP contribution in [0.5, 0.6) is 0 Å². The number of hydrogen-bond acceptors (Lipinski definition) is 5. The van der Waals surface area contributed by atoms with Gasteiger partial charge in [-0.3, -0.25) is 4.90 Å². The van der Waals surface area contributed by atoms with Gasteiger partial charge in [-0.2, -0.15) is 13.2 Å². The Balaban J connectivity index is 1.58. The number of urea groups is 1. The number of benzene rings is 1. The number of alkyl halides is 3. The minimum Gasteiger partial charge on any atom is -0.453 e. The normalized spacial score (nSPS) is 14.7. The maximum atomic E-state index is 14.9. The molecule has 12 heteroatoms. The number of rotatable bonds is 4. The van der Waals surface area contributed by atoms with Crippen molar-refractivity contribution < 1.29 is 31.9 Å². The van der Waals surface area contributed by atoms with Gasteiger partial charge in [0.05, 0.1) is 24.7 Å². The van der Waals surface area contributed by atoms with E-state index >= 15 is 0 Å². The van der Waals surface area contributed by atoms with Crippen LogP contribution in [0.15, 0.2) is 36.5 Å². The van der Waals surface area contributed by atoms with Gasteiger partial charge in [-0.25, -0.2) is 19.0 Å². The second-order valence-corrected chi connectivity index (χ2v) is 7.02. The highest BCUT2D eigenvalue weighted by Crippen LogP contribution is 2.28. The Morgan fingerprint density at radius 1 is 1.09 bits per heavy atom. The fraction of sp³-hybridized carbons (Fsp3) is 0.350. The molecular weight excluding hydrogens is 434 g/mol. The number of carbonyl (C=O) groups excluding carboxylic acids is 2. The van der Waals surface area contributed by atoms with E-state index in [9.17, 15) is 27.2 Å². The number of pyridine rings is 1. The van der Waals surface area contributed by atoms with E-state index in [4.69, 9.17) is 0 Å². The molecule has 0 unspecified atom stereocenters. The largest absolute Gasteiger partial charge is 0.453 e. The summed E-state index contributed by atoms with van der Waals surface area (Å²) in [5.41, 5.74) is -0.788. The molecule has 2 aromatic rings. The van der Waals surface area contributed by atoms with Crippen molar-refractivity contribution in [2.75, 3.05) is 43.9 Å². The molecule has 1 saturated heterocycles. The van der Waals surface area contributed by atoms with Crippen LogP contribution in [0.2, 0.25) is 0 Å². The second-order valence-electron chi connectivity index (χ2n) is 7.02. The van der Waals surface area contributed by atoms with Crippen LogP contribution in [0.4, 0.5) is 38.5 Å². The molecule has 0 spiro atoms. The van der Waals surface area contributed by atoms with Crippen molar-refractivity contribution in [2.24, 2.45) is 0 Å². The molecule has 0 atom stereocenters. The lowest BCUT2D eigenvalue weighted by Crippen LogP contribution is -2.48. The van der Waals surface area contributed by atoms with Crippen LogP contribution in [0.1, 0.15) is 11.3 Å². The van der Waals surface area contributed by atoms with Crippen molar-refractivity contribution in [3.05, 3.63) is 53.6 Å². The van der Waals surface area contributed by atoms with E-state index < -0.39 is 29.8 Å². The molecule has 1 fully saturated rings. The maximum absolute atomic E-state index is 14.9. The molecule has 1 aromatic heterocycles. The van der Waals surface area contributed by atoms with E-state index in [1.165, 1.54) is 13.2 Å². The van der Waals surface area contributed by atoms with Gasteiger partial charge in [-0.15, -0.1) is 0 Å². The smallest absolute Gasteiger partial charge is 0.433 e. The number of ether oxygens (including phenoxy) is 1. The molecule has 0 aliphatic carbocycles. The van der Waals surface area contributed by atoms with Crippen molar-refractivity contribution in [1.82, 2.24) is 14.8 Å². The number of carbonyl (C=O) groups is 2. The number of methoxy groups -OCH3 is 1. The van der Waals surface area contributed by atoms with Gasteiger partial charge in [0.25, 0.3) is 0 Å². The summed E-state index contributed by atoms with van der Waals surface area (Å²) in [5.74, 6) is -0.622. The van der Waals surface area contributed by atoms with Crippen LogP contribution >= 0.6 is 0 Å². The third kappa shape index (κ3) is 5.84. The van der Waals surface area contributed by atoms with Crippen molar-refractivity contribution >= 4 is 23.5 Å². The third-order valence-corrected chi connectivity index (χ3v) is 4.84. The number of anilines is 2. The van der Waals surface area contributed by atoms with Gasteiger partial charge >= 0.3 is 18.3 Å². The molecule has 1 aromatic carbocycles. The summed E-state index contributed by atoms with van der Waals surface area (Å²) in [4.78, 5) is 30.5. The molecule has 3 amide bonds. The number of nitrogens with zero attached hydrogens (tertiary/aromatic N) is 3. The van der Waals surface area contributed by atoms with Crippen LogP contribution in [-0.2, 0) is 17.5 Å². The van der Waals surface area contributed by atoms with Crippen molar-refractivity contribution in [3.8, 4) is 0 Å². The molecule has 2 N–H and O–H groups in total. The lowest BCUT2D eigenvalue weighted by atomic mass is 10.1. The summed E-state index contributed by atoms with van der Waals surface area (Å²) in [6.07, 6.45) is -4.13. The lowest BCUT2D eigenvalue weighted by Gasteiger charge is -2.33. The third-order valence-electron chi connectivity index (χ3n) is 4.84. The van der Waals surface area contributed by atoms with Gasteiger partial charge in [-0.1, -0.05) is 12.1 Å². The topological polar surface area (TPSA) is 86.8 Å². The van der Waals surface area contributed by atoms with E-state index in [2.05, 4.69) is 20.4 Å². The first-order chi connectivity index (χ1) is 15.2. The first-order valence-electron chi connectivity index (χ1n) is 9.61. The zero-order valence-corrected chi connectivity index (χ0v) is 17.1. The second kappa shape index (κ2) is 9.81. The van der Waals surface area contributed by atoms with Crippen LogP contribution in [0, 0.1) is 5.82 Å². The van der Waals surface area contributed by atoms with Crippen LogP contribution < -0.4 is 10.6 Å². The van der Waals surface area contributed by atoms with Gasteiger partial charge in [0, 0.05) is 38.3 Å². The highest BCUT2D eigenvalue weighted by atomic mass is 19.4. The number of aromatic nitrogens is 1. The van der Waals surface area contributed by atoms with E-state index in [0.29, 0.717) is 31.7 Å². The van der Waals surface area contributed by atoms with E-state index in [-0.39, 0.29) is 17.9 Å². The number of piperazine rings is 1. The molecule has 8 nitrogen and oxygen atoms in total. The minimum absolute atomic E-state index is 0.0236. The molecule has 0 radical (unpaired) electrons. The lowest BCUT2D eigenvalue weighted by molar-refractivity contribution is -0.141. The average molecular weight is 455 g/mol. The van der Waals surface area contributed by atoms with E-state index in [1.807, 2.05) is 4.90 Å². The number of halogens is 4. The summed E-state index contributed by atoms with van der Waals surface area (Å²) >= 11 is 0. The summed E-state index contributed by atoms with van der Waals surface area (Å²) in [5, 5.41) is 4.66. The van der Waals surface area contributed by atoms with Crippen molar-refractivity contribution in [1.29, 1.82) is 0 Å². The van der Waals surface area contributed by atoms with Crippen LogP contribution in [0.25, 0.3) is 0 Å².